The number of carbonyl (C=O) groups excluding carboxylic acids is 2. The SMILES string of the molecule is COc1ccc2c(c1)C(=O)NC1c3ccccc3C(=O)N21. The van der Waals surface area contributed by atoms with Gasteiger partial charge in [0.15, 0.2) is 0 Å². The lowest BCUT2D eigenvalue weighted by Gasteiger charge is -2.32. The lowest BCUT2D eigenvalue weighted by Crippen LogP contribution is -2.45. The third-order valence-electron chi connectivity index (χ3n) is 3.94. The Morgan fingerprint density at radius 1 is 1.10 bits per heavy atom. The highest BCUT2D eigenvalue weighted by molar-refractivity contribution is 6.16. The Bertz CT molecular complexity index is 785. The molecule has 0 aliphatic carbocycles. The quantitative estimate of drug-likeness (QED) is 0.870. The minimum Gasteiger partial charge on any atom is -0.497 e. The van der Waals surface area contributed by atoms with Crippen molar-refractivity contribution < 1.29 is 14.3 Å². The molecule has 2 aromatic rings. The summed E-state index contributed by atoms with van der Waals surface area (Å²) in [6, 6.07) is 12.5. The molecule has 1 N–H and O–H groups in total. The molecule has 5 heteroatoms. The molecule has 0 radical (unpaired) electrons. The molecule has 0 fully saturated rings. The molecule has 0 spiro atoms. The molecule has 104 valence electrons. The number of carbonyl (C=O) groups is 2. The van der Waals surface area contributed by atoms with E-state index in [0.29, 0.717) is 22.6 Å². The van der Waals surface area contributed by atoms with Crippen molar-refractivity contribution >= 4 is 17.5 Å². The van der Waals surface area contributed by atoms with Crippen LogP contribution >= 0.6 is 0 Å². The van der Waals surface area contributed by atoms with E-state index in [-0.39, 0.29) is 11.8 Å². The van der Waals surface area contributed by atoms with Crippen molar-refractivity contribution in [2.45, 2.75) is 6.17 Å². The topological polar surface area (TPSA) is 58.6 Å². The standard InChI is InChI=1S/C16H12N2O3/c1-21-9-6-7-13-12(8-9)15(19)17-14-10-4-2-3-5-11(10)16(20)18(13)14/h2-8,14H,1H3,(H,17,19). The van der Waals surface area contributed by atoms with Crippen LogP contribution in [0.1, 0.15) is 32.4 Å². The summed E-state index contributed by atoms with van der Waals surface area (Å²) in [5.74, 6) is 0.295. The fraction of sp³-hybridized carbons (Fsp3) is 0.125. The summed E-state index contributed by atoms with van der Waals surface area (Å²) in [7, 11) is 1.54. The highest BCUT2D eigenvalue weighted by Crippen LogP contribution is 2.41. The zero-order valence-corrected chi connectivity index (χ0v) is 11.3. The lowest BCUT2D eigenvalue weighted by atomic mass is 10.1. The van der Waals surface area contributed by atoms with Crippen molar-refractivity contribution in [2.24, 2.45) is 0 Å². The van der Waals surface area contributed by atoms with E-state index in [1.165, 1.54) is 0 Å². The van der Waals surface area contributed by atoms with Crippen molar-refractivity contribution in [3.8, 4) is 5.75 Å². The zero-order valence-electron chi connectivity index (χ0n) is 11.3. The number of benzene rings is 2. The third kappa shape index (κ3) is 1.51. The molecular weight excluding hydrogens is 268 g/mol. The van der Waals surface area contributed by atoms with Crippen molar-refractivity contribution in [2.75, 3.05) is 12.0 Å². The molecule has 0 saturated heterocycles. The van der Waals surface area contributed by atoms with E-state index in [0.717, 1.165) is 5.56 Å². The van der Waals surface area contributed by atoms with Gasteiger partial charge < -0.3 is 10.1 Å². The van der Waals surface area contributed by atoms with Crippen molar-refractivity contribution in [1.29, 1.82) is 0 Å². The number of nitrogens with zero attached hydrogens (tertiary/aromatic N) is 1. The average Bonchev–Trinajstić information content (AvgIpc) is 2.81. The molecule has 0 saturated carbocycles. The van der Waals surface area contributed by atoms with Crippen LogP contribution in [0.2, 0.25) is 0 Å². The van der Waals surface area contributed by atoms with Crippen LogP contribution < -0.4 is 15.0 Å². The number of rotatable bonds is 1. The number of hydrogen-bond donors (Lipinski definition) is 1. The monoisotopic (exact) mass is 280 g/mol. The Hall–Kier alpha value is -2.82. The minimum atomic E-state index is -0.429. The average molecular weight is 280 g/mol. The summed E-state index contributed by atoms with van der Waals surface area (Å²) in [6.07, 6.45) is -0.429. The zero-order chi connectivity index (χ0) is 14.6. The number of nitrogens with one attached hydrogen (secondary N) is 1. The van der Waals surface area contributed by atoms with Gasteiger partial charge in [-0.25, -0.2) is 0 Å². The van der Waals surface area contributed by atoms with Gasteiger partial charge in [-0.3, -0.25) is 14.5 Å². The summed E-state index contributed by atoms with van der Waals surface area (Å²) >= 11 is 0. The molecule has 2 aliphatic heterocycles. The molecular formula is C16H12N2O3. The maximum Gasteiger partial charge on any atom is 0.260 e. The first-order chi connectivity index (χ1) is 10.2. The minimum absolute atomic E-state index is 0.0954. The van der Waals surface area contributed by atoms with Gasteiger partial charge in [-0.05, 0) is 24.3 Å². The van der Waals surface area contributed by atoms with Crippen LogP contribution in [-0.2, 0) is 0 Å². The van der Waals surface area contributed by atoms with E-state index in [4.69, 9.17) is 4.74 Å². The molecule has 1 atom stereocenters. The van der Waals surface area contributed by atoms with E-state index in [9.17, 15) is 9.59 Å². The second-order valence-corrected chi connectivity index (χ2v) is 5.02. The molecule has 2 aromatic carbocycles. The van der Waals surface area contributed by atoms with Crippen LogP contribution in [0, 0.1) is 0 Å². The van der Waals surface area contributed by atoms with E-state index in [1.807, 2.05) is 18.2 Å². The maximum atomic E-state index is 12.6. The van der Waals surface area contributed by atoms with Gasteiger partial charge in [-0.15, -0.1) is 0 Å². The molecule has 1 unspecified atom stereocenters. The number of methoxy groups -OCH3 is 1. The van der Waals surface area contributed by atoms with E-state index in [2.05, 4.69) is 5.32 Å². The first-order valence-corrected chi connectivity index (χ1v) is 6.62. The third-order valence-corrected chi connectivity index (χ3v) is 3.94. The molecule has 2 heterocycles. The molecule has 5 nitrogen and oxygen atoms in total. The molecule has 2 amide bonds. The molecule has 2 aliphatic rings. The van der Waals surface area contributed by atoms with E-state index in [1.54, 1.807) is 36.3 Å². The van der Waals surface area contributed by atoms with Crippen molar-refractivity contribution in [3.05, 3.63) is 59.2 Å². The van der Waals surface area contributed by atoms with Crippen LogP contribution in [-0.4, -0.2) is 18.9 Å². The van der Waals surface area contributed by atoms with Gasteiger partial charge in [0.2, 0.25) is 0 Å². The van der Waals surface area contributed by atoms with Crippen molar-refractivity contribution in [1.82, 2.24) is 5.32 Å². The van der Waals surface area contributed by atoms with Gasteiger partial charge in [-0.1, -0.05) is 18.2 Å². The second-order valence-electron chi connectivity index (χ2n) is 5.02. The largest absolute Gasteiger partial charge is 0.497 e. The van der Waals surface area contributed by atoms with Gasteiger partial charge in [0.05, 0.1) is 18.4 Å². The first-order valence-electron chi connectivity index (χ1n) is 6.62. The predicted molar refractivity (Wildman–Crippen MR) is 76.5 cm³/mol. The Morgan fingerprint density at radius 2 is 1.90 bits per heavy atom. The molecule has 21 heavy (non-hydrogen) atoms. The Balaban J connectivity index is 1.91. The first kappa shape index (κ1) is 12.0. The van der Waals surface area contributed by atoms with Gasteiger partial charge in [-0.2, -0.15) is 0 Å². The second kappa shape index (κ2) is 4.09. The van der Waals surface area contributed by atoms with Crippen LogP contribution in [0.5, 0.6) is 5.75 Å². The highest BCUT2D eigenvalue weighted by Gasteiger charge is 2.43. The number of hydrogen-bond acceptors (Lipinski definition) is 3. The summed E-state index contributed by atoms with van der Waals surface area (Å²) in [6.45, 7) is 0. The van der Waals surface area contributed by atoms with E-state index >= 15 is 0 Å². The summed E-state index contributed by atoms with van der Waals surface area (Å²) < 4.78 is 5.15. The lowest BCUT2D eigenvalue weighted by molar-refractivity contribution is 0.0911. The number of fused-ring (bicyclic) bond motifs is 5. The van der Waals surface area contributed by atoms with Gasteiger partial charge >= 0.3 is 0 Å². The van der Waals surface area contributed by atoms with Gasteiger partial charge in [0, 0.05) is 11.1 Å². The normalized spacial score (nSPS) is 18.7. The summed E-state index contributed by atoms with van der Waals surface area (Å²) in [5.41, 5.74) is 2.53. The van der Waals surface area contributed by atoms with Crippen LogP contribution in [0.4, 0.5) is 5.69 Å². The predicted octanol–water partition coefficient (Wildman–Crippen LogP) is 2.10. The van der Waals surface area contributed by atoms with E-state index < -0.39 is 6.17 Å². The molecule has 4 rings (SSSR count). The Labute approximate surface area is 121 Å². The Kier molecular flexibility index (Phi) is 2.33. The fourth-order valence-electron chi connectivity index (χ4n) is 2.94. The van der Waals surface area contributed by atoms with Gasteiger partial charge in [0.25, 0.3) is 11.8 Å². The Morgan fingerprint density at radius 3 is 2.71 bits per heavy atom. The maximum absolute atomic E-state index is 12.6. The highest BCUT2D eigenvalue weighted by atomic mass is 16.5. The number of anilines is 1. The van der Waals surface area contributed by atoms with Crippen LogP contribution in [0.15, 0.2) is 42.5 Å². The summed E-state index contributed by atoms with van der Waals surface area (Å²) in [5, 5.41) is 2.88. The van der Waals surface area contributed by atoms with Crippen LogP contribution in [0.3, 0.4) is 0 Å². The molecule has 0 bridgehead atoms. The van der Waals surface area contributed by atoms with Crippen molar-refractivity contribution in [3.63, 3.8) is 0 Å². The smallest absolute Gasteiger partial charge is 0.260 e. The number of ether oxygens (including phenoxy) is 1. The number of amides is 2. The van der Waals surface area contributed by atoms with Crippen LogP contribution in [0.25, 0.3) is 0 Å². The fourth-order valence-corrected chi connectivity index (χ4v) is 2.94. The summed E-state index contributed by atoms with van der Waals surface area (Å²) in [4.78, 5) is 26.5. The molecule has 0 aromatic heterocycles. The van der Waals surface area contributed by atoms with Gasteiger partial charge in [0.1, 0.15) is 11.9 Å².